The van der Waals surface area contributed by atoms with Gasteiger partial charge in [0, 0.05) is 6.54 Å². The first kappa shape index (κ1) is 13.1. The van der Waals surface area contributed by atoms with Crippen molar-refractivity contribution in [3.8, 4) is 0 Å². The van der Waals surface area contributed by atoms with Gasteiger partial charge in [-0.15, -0.1) is 0 Å². The summed E-state index contributed by atoms with van der Waals surface area (Å²) in [6.07, 6.45) is 0.958. The zero-order valence-electron chi connectivity index (χ0n) is 9.64. The van der Waals surface area contributed by atoms with Gasteiger partial charge < -0.3 is 9.64 Å². The summed E-state index contributed by atoms with van der Waals surface area (Å²) in [5.41, 5.74) is 0.0946. The number of nitrogens with zero attached hydrogens (tertiary/aromatic N) is 2. The summed E-state index contributed by atoms with van der Waals surface area (Å²) in [5.74, 6) is -1.46. The normalized spacial score (nSPS) is 9.82. The van der Waals surface area contributed by atoms with Gasteiger partial charge in [-0.1, -0.05) is 0 Å². The van der Waals surface area contributed by atoms with Crippen LogP contribution in [0.1, 0.15) is 17.4 Å². The molecule has 1 aromatic heterocycles. The molecule has 0 atom stereocenters. The van der Waals surface area contributed by atoms with Crippen LogP contribution in [-0.4, -0.2) is 42.0 Å². The second-order valence-electron chi connectivity index (χ2n) is 3.26. The van der Waals surface area contributed by atoms with Gasteiger partial charge in [0.05, 0.1) is 13.3 Å². The molecular weight excluding hydrogens is 227 g/mol. The number of halogens is 1. The number of carbonyl (C=O) groups excluding carboxylic acids is 2. The second kappa shape index (κ2) is 5.93. The molecule has 0 saturated heterocycles. The summed E-state index contributed by atoms with van der Waals surface area (Å²) in [6, 6.07) is 2.42. The van der Waals surface area contributed by atoms with Crippen molar-refractivity contribution in [2.45, 2.75) is 6.92 Å². The highest BCUT2D eigenvalue weighted by Gasteiger charge is 2.18. The minimum absolute atomic E-state index is 0.0946. The molecule has 0 N–H and O–H groups in total. The van der Waals surface area contributed by atoms with E-state index in [0.29, 0.717) is 6.54 Å². The largest absolute Gasteiger partial charge is 0.468 e. The Balaban J connectivity index is 2.78. The molecule has 1 heterocycles. The number of ether oxygens (including phenoxy) is 1. The molecule has 0 spiro atoms. The van der Waals surface area contributed by atoms with Crippen molar-refractivity contribution in [1.82, 2.24) is 9.88 Å². The lowest BCUT2D eigenvalue weighted by atomic mass is 10.3. The number of methoxy groups -OCH3 is 1. The zero-order valence-corrected chi connectivity index (χ0v) is 9.64. The quantitative estimate of drug-likeness (QED) is 0.732. The molecule has 1 aromatic rings. The monoisotopic (exact) mass is 240 g/mol. The molecule has 92 valence electrons. The molecule has 0 saturated carbocycles. The Morgan fingerprint density at radius 2 is 2.18 bits per heavy atom. The number of amides is 1. The third kappa shape index (κ3) is 3.51. The molecule has 17 heavy (non-hydrogen) atoms. The smallest absolute Gasteiger partial charge is 0.325 e. The second-order valence-corrected chi connectivity index (χ2v) is 3.26. The van der Waals surface area contributed by atoms with Crippen LogP contribution in [0, 0.1) is 5.82 Å². The van der Waals surface area contributed by atoms with Gasteiger partial charge >= 0.3 is 5.97 Å². The molecule has 0 aliphatic carbocycles. The van der Waals surface area contributed by atoms with E-state index in [1.165, 1.54) is 18.1 Å². The number of esters is 1. The maximum atomic E-state index is 12.6. The SMILES string of the molecule is CCN(CC(=O)OC)C(=O)c1ccc(F)cn1. The summed E-state index contributed by atoms with van der Waals surface area (Å²) in [5, 5.41) is 0. The van der Waals surface area contributed by atoms with E-state index in [1.807, 2.05) is 0 Å². The third-order valence-corrected chi connectivity index (χ3v) is 2.16. The van der Waals surface area contributed by atoms with Gasteiger partial charge in [0.1, 0.15) is 18.1 Å². The molecule has 0 bridgehead atoms. The first-order valence-corrected chi connectivity index (χ1v) is 5.06. The molecule has 0 fully saturated rings. The van der Waals surface area contributed by atoms with Gasteiger partial charge in [-0.25, -0.2) is 9.37 Å². The van der Waals surface area contributed by atoms with Gasteiger partial charge in [-0.05, 0) is 19.1 Å². The lowest BCUT2D eigenvalue weighted by Gasteiger charge is -2.18. The van der Waals surface area contributed by atoms with Crippen molar-refractivity contribution < 1.29 is 18.7 Å². The molecular formula is C11H13FN2O3. The van der Waals surface area contributed by atoms with E-state index < -0.39 is 17.7 Å². The number of aromatic nitrogens is 1. The van der Waals surface area contributed by atoms with Gasteiger partial charge in [-0.2, -0.15) is 0 Å². The van der Waals surface area contributed by atoms with Gasteiger partial charge in [-0.3, -0.25) is 9.59 Å². The van der Waals surface area contributed by atoms with Crippen LogP contribution in [0.25, 0.3) is 0 Å². The fraction of sp³-hybridized carbons (Fsp3) is 0.364. The van der Waals surface area contributed by atoms with E-state index in [4.69, 9.17) is 0 Å². The molecule has 0 radical (unpaired) electrons. The fourth-order valence-electron chi connectivity index (χ4n) is 1.21. The van der Waals surface area contributed by atoms with E-state index >= 15 is 0 Å². The fourth-order valence-corrected chi connectivity index (χ4v) is 1.21. The molecule has 0 aromatic carbocycles. The molecule has 0 aliphatic heterocycles. The van der Waals surface area contributed by atoms with Crippen molar-refractivity contribution in [3.05, 3.63) is 29.8 Å². The molecule has 1 rings (SSSR count). The van der Waals surface area contributed by atoms with Crippen molar-refractivity contribution >= 4 is 11.9 Å². The Bertz CT molecular complexity index is 406. The number of carbonyl (C=O) groups is 2. The Hall–Kier alpha value is -1.98. The minimum atomic E-state index is -0.516. The summed E-state index contributed by atoms with van der Waals surface area (Å²) in [4.78, 5) is 27.9. The van der Waals surface area contributed by atoms with E-state index in [0.717, 1.165) is 12.3 Å². The number of hydrogen-bond acceptors (Lipinski definition) is 4. The highest BCUT2D eigenvalue weighted by Crippen LogP contribution is 2.03. The van der Waals surface area contributed by atoms with Crippen LogP contribution in [0.4, 0.5) is 4.39 Å². The molecule has 6 heteroatoms. The Labute approximate surface area is 98.2 Å². The van der Waals surface area contributed by atoms with Gasteiger partial charge in [0.2, 0.25) is 0 Å². The first-order chi connectivity index (χ1) is 8.08. The Morgan fingerprint density at radius 1 is 1.47 bits per heavy atom. The van der Waals surface area contributed by atoms with E-state index in [2.05, 4.69) is 9.72 Å². The van der Waals surface area contributed by atoms with Crippen LogP contribution in [0.3, 0.4) is 0 Å². The standard InChI is InChI=1S/C11H13FN2O3/c1-3-14(7-10(15)17-2)11(16)9-5-4-8(12)6-13-9/h4-6H,3,7H2,1-2H3. The first-order valence-electron chi connectivity index (χ1n) is 5.06. The summed E-state index contributed by atoms with van der Waals surface area (Å²) < 4.78 is 17.1. The lowest BCUT2D eigenvalue weighted by molar-refractivity contribution is -0.141. The molecule has 5 nitrogen and oxygen atoms in total. The summed E-state index contributed by atoms with van der Waals surface area (Å²) in [6.45, 7) is 1.92. The van der Waals surface area contributed by atoms with E-state index in [-0.39, 0.29) is 12.2 Å². The number of pyridine rings is 1. The van der Waals surface area contributed by atoms with Crippen LogP contribution in [0.2, 0.25) is 0 Å². The average Bonchev–Trinajstić information content (AvgIpc) is 2.35. The Morgan fingerprint density at radius 3 is 2.65 bits per heavy atom. The minimum Gasteiger partial charge on any atom is -0.468 e. The molecule has 0 aliphatic rings. The molecule has 0 unspecified atom stereocenters. The van der Waals surface area contributed by atoms with Gasteiger partial charge in [0.25, 0.3) is 5.91 Å². The van der Waals surface area contributed by atoms with Crippen molar-refractivity contribution in [1.29, 1.82) is 0 Å². The number of rotatable bonds is 4. The molecule has 1 amide bonds. The van der Waals surface area contributed by atoms with Crippen LogP contribution in [0.5, 0.6) is 0 Å². The van der Waals surface area contributed by atoms with Gasteiger partial charge in [0.15, 0.2) is 0 Å². The van der Waals surface area contributed by atoms with Crippen molar-refractivity contribution in [2.24, 2.45) is 0 Å². The zero-order chi connectivity index (χ0) is 12.8. The Kier molecular flexibility index (Phi) is 4.56. The van der Waals surface area contributed by atoms with E-state index in [9.17, 15) is 14.0 Å². The number of likely N-dealkylation sites (N-methyl/N-ethyl adjacent to an activating group) is 1. The van der Waals surface area contributed by atoms with Crippen LogP contribution in [0.15, 0.2) is 18.3 Å². The summed E-state index contributed by atoms with van der Waals surface area (Å²) in [7, 11) is 1.25. The van der Waals surface area contributed by atoms with Crippen LogP contribution in [-0.2, 0) is 9.53 Å². The summed E-state index contributed by atoms with van der Waals surface area (Å²) >= 11 is 0. The predicted octanol–water partition coefficient (Wildman–Crippen LogP) is 0.856. The van der Waals surface area contributed by atoms with Crippen molar-refractivity contribution in [2.75, 3.05) is 20.2 Å². The maximum absolute atomic E-state index is 12.6. The van der Waals surface area contributed by atoms with E-state index in [1.54, 1.807) is 6.92 Å². The highest BCUT2D eigenvalue weighted by molar-refractivity contribution is 5.94. The maximum Gasteiger partial charge on any atom is 0.325 e. The van der Waals surface area contributed by atoms with Crippen LogP contribution < -0.4 is 0 Å². The lowest BCUT2D eigenvalue weighted by Crippen LogP contribution is -2.36. The highest BCUT2D eigenvalue weighted by atomic mass is 19.1. The topological polar surface area (TPSA) is 59.5 Å². The van der Waals surface area contributed by atoms with Crippen LogP contribution >= 0.6 is 0 Å². The number of hydrogen-bond donors (Lipinski definition) is 0. The third-order valence-electron chi connectivity index (χ3n) is 2.16. The predicted molar refractivity (Wildman–Crippen MR) is 57.8 cm³/mol. The van der Waals surface area contributed by atoms with Crippen molar-refractivity contribution in [3.63, 3.8) is 0 Å². The average molecular weight is 240 g/mol.